The van der Waals surface area contributed by atoms with Crippen LogP contribution in [-0.2, 0) is 0 Å². The summed E-state index contributed by atoms with van der Waals surface area (Å²) < 4.78 is 0.319. The molecule has 0 aromatic heterocycles. The standard InChI is InChI=1S/C11H23Br.H3N/c1-5-6-7-8-9-10(2)11(3,4)12;/h10H,5-9H2,1-4H3;1H3. The SMILES string of the molecule is CCCCCCC(C)C(C)(C)Br.N. The zero-order valence-corrected chi connectivity index (χ0v) is 11.3. The third-order valence-corrected chi connectivity index (χ3v) is 3.44. The van der Waals surface area contributed by atoms with E-state index in [-0.39, 0.29) is 6.15 Å². The van der Waals surface area contributed by atoms with E-state index >= 15 is 0 Å². The van der Waals surface area contributed by atoms with Gasteiger partial charge >= 0.3 is 0 Å². The van der Waals surface area contributed by atoms with Crippen LogP contribution in [-0.4, -0.2) is 4.32 Å². The van der Waals surface area contributed by atoms with E-state index in [1.807, 2.05) is 0 Å². The molecule has 1 nitrogen and oxygen atoms in total. The number of hydrogen-bond acceptors (Lipinski definition) is 1. The molecule has 0 heterocycles. The molecule has 0 bridgehead atoms. The molecule has 0 aliphatic heterocycles. The molecule has 0 radical (unpaired) electrons. The second kappa shape index (κ2) is 7.81. The van der Waals surface area contributed by atoms with Crippen LogP contribution in [0.2, 0.25) is 0 Å². The summed E-state index contributed by atoms with van der Waals surface area (Å²) in [6.07, 6.45) is 6.90. The molecule has 0 saturated heterocycles. The average molecular weight is 252 g/mol. The summed E-state index contributed by atoms with van der Waals surface area (Å²) in [6, 6.07) is 0. The van der Waals surface area contributed by atoms with Crippen molar-refractivity contribution in [2.45, 2.75) is 64.1 Å². The van der Waals surface area contributed by atoms with Crippen LogP contribution < -0.4 is 6.15 Å². The lowest BCUT2D eigenvalue weighted by molar-refractivity contribution is 0.416. The zero-order valence-electron chi connectivity index (χ0n) is 9.70. The molecular formula is C11H26BrN. The molecule has 82 valence electrons. The monoisotopic (exact) mass is 251 g/mol. The van der Waals surface area contributed by atoms with Gasteiger partial charge in [0.2, 0.25) is 0 Å². The summed E-state index contributed by atoms with van der Waals surface area (Å²) in [7, 11) is 0. The molecule has 1 unspecified atom stereocenters. The van der Waals surface area contributed by atoms with Crippen LogP contribution in [0.25, 0.3) is 0 Å². The Bertz CT molecular complexity index is 107. The number of hydrogen-bond donors (Lipinski definition) is 1. The third-order valence-electron chi connectivity index (χ3n) is 2.66. The molecule has 1 atom stereocenters. The second-order valence-electron chi connectivity index (χ2n) is 4.31. The Labute approximate surface area is 92.4 Å². The van der Waals surface area contributed by atoms with Crippen molar-refractivity contribution in [1.82, 2.24) is 6.15 Å². The van der Waals surface area contributed by atoms with E-state index < -0.39 is 0 Å². The van der Waals surface area contributed by atoms with Crippen molar-refractivity contribution < 1.29 is 0 Å². The molecule has 0 saturated carbocycles. The second-order valence-corrected chi connectivity index (χ2v) is 6.36. The molecule has 0 aromatic rings. The lowest BCUT2D eigenvalue weighted by Gasteiger charge is -2.25. The van der Waals surface area contributed by atoms with Gasteiger partial charge in [-0.2, -0.15) is 0 Å². The molecule has 3 N–H and O–H groups in total. The topological polar surface area (TPSA) is 35.0 Å². The zero-order chi connectivity index (χ0) is 9.61. The number of rotatable bonds is 6. The highest BCUT2D eigenvalue weighted by Crippen LogP contribution is 2.30. The van der Waals surface area contributed by atoms with E-state index in [9.17, 15) is 0 Å². The van der Waals surface area contributed by atoms with E-state index in [0.717, 1.165) is 5.92 Å². The Balaban J connectivity index is 0. The van der Waals surface area contributed by atoms with Crippen LogP contribution in [0.3, 0.4) is 0 Å². The van der Waals surface area contributed by atoms with Gasteiger partial charge in [-0.05, 0) is 26.2 Å². The van der Waals surface area contributed by atoms with E-state index in [1.165, 1.54) is 32.1 Å². The lowest BCUT2D eigenvalue weighted by Crippen LogP contribution is -2.20. The Kier molecular flexibility index (Phi) is 9.55. The largest absolute Gasteiger partial charge is 0.344 e. The Morgan fingerprint density at radius 3 is 2.08 bits per heavy atom. The minimum Gasteiger partial charge on any atom is -0.344 e. The van der Waals surface area contributed by atoms with Crippen molar-refractivity contribution in [3.05, 3.63) is 0 Å². The van der Waals surface area contributed by atoms with E-state index in [4.69, 9.17) is 0 Å². The first kappa shape index (κ1) is 15.9. The van der Waals surface area contributed by atoms with E-state index in [0.29, 0.717) is 4.32 Å². The van der Waals surface area contributed by atoms with Gasteiger partial charge in [-0.25, -0.2) is 0 Å². The smallest absolute Gasteiger partial charge is 0.0227 e. The number of alkyl halides is 1. The van der Waals surface area contributed by atoms with Gasteiger partial charge in [0.25, 0.3) is 0 Å². The van der Waals surface area contributed by atoms with Crippen molar-refractivity contribution in [3.63, 3.8) is 0 Å². The van der Waals surface area contributed by atoms with Gasteiger partial charge < -0.3 is 6.15 Å². The fourth-order valence-electron chi connectivity index (χ4n) is 1.22. The van der Waals surface area contributed by atoms with Gasteiger partial charge in [-0.15, -0.1) is 0 Å². The molecule has 2 heteroatoms. The molecule has 0 amide bonds. The van der Waals surface area contributed by atoms with Gasteiger partial charge in [-0.1, -0.05) is 55.5 Å². The first-order valence-electron chi connectivity index (χ1n) is 5.17. The number of unbranched alkanes of at least 4 members (excludes halogenated alkanes) is 3. The summed E-state index contributed by atoms with van der Waals surface area (Å²) >= 11 is 3.71. The van der Waals surface area contributed by atoms with Gasteiger partial charge in [0, 0.05) is 4.32 Å². The van der Waals surface area contributed by atoms with Crippen molar-refractivity contribution >= 4 is 15.9 Å². The van der Waals surface area contributed by atoms with Crippen LogP contribution >= 0.6 is 15.9 Å². The summed E-state index contributed by atoms with van der Waals surface area (Å²) in [5, 5.41) is 0. The minimum atomic E-state index is 0. The van der Waals surface area contributed by atoms with Crippen LogP contribution in [0.4, 0.5) is 0 Å². The van der Waals surface area contributed by atoms with Gasteiger partial charge in [0.05, 0.1) is 0 Å². The Morgan fingerprint density at radius 2 is 1.69 bits per heavy atom. The molecule has 13 heavy (non-hydrogen) atoms. The average Bonchev–Trinajstić information content (AvgIpc) is 1.96. The van der Waals surface area contributed by atoms with Crippen LogP contribution in [0, 0.1) is 5.92 Å². The molecule has 0 aliphatic rings. The van der Waals surface area contributed by atoms with Gasteiger partial charge in [0.15, 0.2) is 0 Å². The molecular weight excluding hydrogens is 226 g/mol. The molecule has 0 aromatic carbocycles. The predicted molar refractivity (Wildman–Crippen MR) is 66.0 cm³/mol. The normalized spacial score (nSPS) is 13.6. The van der Waals surface area contributed by atoms with Crippen molar-refractivity contribution in [2.24, 2.45) is 5.92 Å². The minimum absolute atomic E-state index is 0. The fraction of sp³-hybridized carbons (Fsp3) is 1.00. The number of halogens is 1. The maximum Gasteiger partial charge on any atom is 0.0227 e. The van der Waals surface area contributed by atoms with Crippen LogP contribution in [0.15, 0.2) is 0 Å². The predicted octanol–water partition coefficient (Wildman–Crippen LogP) is 4.93. The Hall–Kier alpha value is 0.440. The summed E-state index contributed by atoms with van der Waals surface area (Å²) in [5.41, 5.74) is 0. The molecule has 0 aliphatic carbocycles. The lowest BCUT2D eigenvalue weighted by atomic mass is 9.92. The van der Waals surface area contributed by atoms with Crippen LogP contribution in [0.1, 0.15) is 59.8 Å². The first-order chi connectivity index (χ1) is 5.48. The molecule has 0 spiro atoms. The van der Waals surface area contributed by atoms with E-state index in [2.05, 4.69) is 43.6 Å². The summed E-state index contributed by atoms with van der Waals surface area (Å²) in [5.74, 6) is 0.786. The third kappa shape index (κ3) is 8.76. The summed E-state index contributed by atoms with van der Waals surface area (Å²) in [4.78, 5) is 0. The maximum atomic E-state index is 3.71. The Morgan fingerprint density at radius 1 is 1.15 bits per heavy atom. The first-order valence-corrected chi connectivity index (χ1v) is 5.96. The van der Waals surface area contributed by atoms with Crippen molar-refractivity contribution in [1.29, 1.82) is 0 Å². The quantitative estimate of drug-likeness (QED) is 0.528. The van der Waals surface area contributed by atoms with Crippen molar-refractivity contribution in [2.75, 3.05) is 0 Å². The molecule has 0 fully saturated rings. The molecule has 0 rings (SSSR count). The highest BCUT2D eigenvalue weighted by atomic mass is 79.9. The van der Waals surface area contributed by atoms with Gasteiger partial charge in [-0.3, -0.25) is 0 Å². The highest BCUT2D eigenvalue weighted by molar-refractivity contribution is 9.10. The summed E-state index contributed by atoms with van der Waals surface area (Å²) in [6.45, 7) is 9.12. The van der Waals surface area contributed by atoms with E-state index in [1.54, 1.807) is 0 Å². The highest BCUT2D eigenvalue weighted by Gasteiger charge is 2.20. The fourth-order valence-corrected chi connectivity index (χ4v) is 1.45. The van der Waals surface area contributed by atoms with Gasteiger partial charge in [0.1, 0.15) is 0 Å². The van der Waals surface area contributed by atoms with Crippen molar-refractivity contribution in [3.8, 4) is 0 Å². The van der Waals surface area contributed by atoms with Crippen LogP contribution in [0.5, 0.6) is 0 Å². The maximum absolute atomic E-state index is 3.71.